The molecule has 0 aliphatic rings. The standard InChI is InChI=1S/C6H7BrN2O/c1-5(7)6-4-8-2-3-9(6)10/h2-5H,1H3. The Morgan fingerprint density at radius 3 is 2.90 bits per heavy atom. The molecule has 1 atom stereocenters. The van der Waals surface area contributed by atoms with Crippen LogP contribution in [0.3, 0.4) is 0 Å². The fourth-order valence-electron chi connectivity index (χ4n) is 0.639. The largest absolute Gasteiger partial charge is 0.618 e. The molecule has 0 aromatic carbocycles. The van der Waals surface area contributed by atoms with Crippen LogP contribution in [0.25, 0.3) is 0 Å². The van der Waals surface area contributed by atoms with Gasteiger partial charge in [-0.25, -0.2) is 0 Å². The summed E-state index contributed by atoms with van der Waals surface area (Å²) in [5.41, 5.74) is 0.627. The van der Waals surface area contributed by atoms with E-state index in [2.05, 4.69) is 20.9 Å². The number of hydrogen-bond acceptors (Lipinski definition) is 2. The molecule has 4 heteroatoms. The van der Waals surface area contributed by atoms with Crippen LogP contribution in [0.4, 0.5) is 0 Å². The van der Waals surface area contributed by atoms with Gasteiger partial charge < -0.3 is 5.21 Å². The van der Waals surface area contributed by atoms with Crippen molar-refractivity contribution < 1.29 is 4.73 Å². The van der Waals surface area contributed by atoms with Crippen LogP contribution in [0.2, 0.25) is 0 Å². The minimum Gasteiger partial charge on any atom is -0.618 e. The average molecular weight is 203 g/mol. The van der Waals surface area contributed by atoms with Crippen molar-refractivity contribution in [3.8, 4) is 0 Å². The molecule has 1 heterocycles. The van der Waals surface area contributed by atoms with Crippen molar-refractivity contribution in [1.29, 1.82) is 0 Å². The van der Waals surface area contributed by atoms with E-state index in [1.165, 1.54) is 12.4 Å². The maximum Gasteiger partial charge on any atom is 0.224 e. The first-order valence-electron chi connectivity index (χ1n) is 2.89. The summed E-state index contributed by atoms with van der Waals surface area (Å²) in [6.45, 7) is 1.88. The van der Waals surface area contributed by atoms with Gasteiger partial charge in [-0.3, -0.25) is 4.98 Å². The third-order valence-electron chi connectivity index (χ3n) is 1.16. The smallest absolute Gasteiger partial charge is 0.224 e. The third kappa shape index (κ3) is 1.44. The highest BCUT2D eigenvalue weighted by molar-refractivity contribution is 9.09. The average Bonchev–Trinajstić information content (AvgIpc) is 1.88. The highest BCUT2D eigenvalue weighted by atomic mass is 79.9. The molecule has 0 aliphatic heterocycles. The molecule has 1 aromatic heterocycles. The molecule has 10 heavy (non-hydrogen) atoms. The van der Waals surface area contributed by atoms with Gasteiger partial charge in [-0.15, -0.1) is 0 Å². The Bertz CT molecular complexity index is 227. The summed E-state index contributed by atoms with van der Waals surface area (Å²) in [6, 6.07) is 0. The van der Waals surface area contributed by atoms with Gasteiger partial charge >= 0.3 is 0 Å². The quantitative estimate of drug-likeness (QED) is 0.390. The molecule has 1 unspecified atom stereocenters. The van der Waals surface area contributed by atoms with Gasteiger partial charge in [0.15, 0.2) is 6.20 Å². The van der Waals surface area contributed by atoms with E-state index in [1.54, 1.807) is 6.20 Å². The van der Waals surface area contributed by atoms with Crippen LogP contribution in [0.15, 0.2) is 18.6 Å². The van der Waals surface area contributed by atoms with Crippen molar-refractivity contribution in [2.45, 2.75) is 11.8 Å². The summed E-state index contributed by atoms with van der Waals surface area (Å²) in [4.78, 5) is 3.87. The maximum atomic E-state index is 10.9. The van der Waals surface area contributed by atoms with E-state index in [-0.39, 0.29) is 4.83 Å². The number of halogens is 1. The zero-order chi connectivity index (χ0) is 7.56. The third-order valence-corrected chi connectivity index (χ3v) is 1.63. The van der Waals surface area contributed by atoms with Crippen LogP contribution in [0.1, 0.15) is 17.4 Å². The molecule has 0 aliphatic carbocycles. The Hall–Kier alpha value is -0.640. The Morgan fingerprint density at radius 1 is 1.80 bits per heavy atom. The van der Waals surface area contributed by atoms with Gasteiger partial charge in [0.25, 0.3) is 0 Å². The van der Waals surface area contributed by atoms with Crippen molar-refractivity contribution in [2.75, 3.05) is 0 Å². The minimum atomic E-state index is 0.0544. The van der Waals surface area contributed by atoms with Crippen LogP contribution in [-0.4, -0.2) is 4.98 Å². The second kappa shape index (κ2) is 2.96. The monoisotopic (exact) mass is 202 g/mol. The first-order chi connectivity index (χ1) is 4.72. The lowest BCUT2D eigenvalue weighted by atomic mass is 10.3. The van der Waals surface area contributed by atoms with Crippen LogP contribution < -0.4 is 4.73 Å². The first-order valence-corrected chi connectivity index (χ1v) is 3.80. The lowest BCUT2D eigenvalue weighted by molar-refractivity contribution is -0.614. The van der Waals surface area contributed by atoms with Crippen molar-refractivity contribution in [3.63, 3.8) is 0 Å². The predicted molar refractivity (Wildman–Crippen MR) is 40.5 cm³/mol. The van der Waals surface area contributed by atoms with E-state index in [1.807, 2.05) is 6.92 Å². The van der Waals surface area contributed by atoms with Crippen molar-refractivity contribution in [2.24, 2.45) is 0 Å². The van der Waals surface area contributed by atoms with Gasteiger partial charge in [0.1, 0.15) is 0 Å². The van der Waals surface area contributed by atoms with Crippen LogP contribution >= 0.6 is 15.9 Å². The highest BCUT2D eigenvalue weighted by Crippen LogP contribution is 2.15. The lowest BCUT2D eigenvalue weighted by Gasteiger charge is -2.02. The van der Waals surface area contributed by atoms with Gasteiger partial charge in [-0.1, -0.05) is 15.9 Å². The van der Waals surface area contributed by atoms with Gasteiger partial charge in [0, 0.05) is 0 Å². The molecule has 0 radical (unpaired) electrons. The Labute approximate surface area is 67.4 Å². The topological polar surface area (TPSA) is 39.8 Å². The van der Waals surface area contributed by atoms with E-state index in [0.29, 0.717) is 5.69 Å². The number of hydrogen-bond donors (Lipinski definition) is 0. The van der Waals surface area contributed by atoms with Gasteiger partial charge in [0.2, 0.25) is 5.69 Å². The summed E-state index contributed by atoms with van der Waals surface area (Å²) in [7, 11) is 0. The second-order valence-corrected chi connectivity index (χ2v) is 3.32. The second-order valence-electron chi connectivity index (χ2n) is 1.94. The number of aromatic nitrogens is 2. The van der Waals surface area contributed by atoms with Crippen LogP contribution in [-0.2, 0) is 0 Å². The zero-order valence-electron chi connectivity index (χ0n) is 5.49. The molecular weight excluding hydrogens is 196 g/mol. The summed E-state index contributed by atoms with van der Waals surface area (Å²) in [5.74, 6) is 0. The van der Waals surface area contributed by atoms with Gasteiger partial charge in [-0.05, 0) is 6.92 Å². The number of alkyl halides is 1. The van der Waals surface area contributed by atoms with Crippen LogP contribution in [0, 0.1) is 5.21 Å². The molecule has 54 valence electrons. The minimum absolute atomic E-state index is 0.0544. The fraction of sp³-hybridized carbons (Fsp3) is 0.333. The van der Waals surface area contributed by atoms with Gasteiger partial charge in [0.05, 0.1) is 17.2 Å². The summed E-state index contributed by atoms with van der Waals surface area (Å²) in [6.07, 6.45) is 4.39. The fourth-order valence-corrected chi connectivity index (χ4v) is 0.959. The molecule has 0 spiro atoms. The zero-order valence-corrected chi connectivity index (χ0v) is 7.08. The maximum absolute atomic E-state index is 10.9. The van der Waals surface area contributed by atoms with E-state index < -0.39 is 0 Å². The summed E-state index contributed by atoms with van der Waals surface area (Å²) < 4.78 is 0.798. The van der Waals surface area contributed by atoms with Crippen LogP contribution in [0.5, 0.6) is 0 Å². The molecule has 0 saturated carbocycles. The number of rotatable bonds is 1. The molecule has 0 N–H and O–H groups in total. The predicted octanol–water partition coefficient (Wildman–Crippen LogP) is 1.17. The first kappa shape index (κ1) is 7.47. The molecule has 3 nitrogen and oxygen atoms in total. The molecule has 1 rings (SSSR count). The Morgan fingerprint density at radius 2 is 2.50 bits per heavy atom. The van der Waals surface area contributed by atoms with E-state index in [9.17, 15) is 5.21 Å². The molecular formula is C6H7BrN2O. The van der Waals surface area contributed by atoms with E-state index in [4.69, 9.17) is 0 Å². The van der Waals surface area contributed by atoms with Crippen molar-refractivity contribution in [1.82, 2.24) is 4.98 Å². The Balaban J connectivity index is 3.03. The molecule has 0 amide bonds. The Kier molecular flexibility index (Phi) is 2.21. The molecule has 0 fully saturated rings. The van der Waals surface area contributed by atoms with Gasteiger partial charge in [-0.2, -0.15) is 4.73 Å². The summed E-state index contributed by atoms with van der Waals surface area (Å²) >= 11 is 3.27. The lowest BCUT2D eigenvalue weighted by Crippen LogP contribution is -2.31. The highest BCUT2D eigenvalue weighted by Gasteiger charge is 2.09. The number of nitrogens with zero attached hydrogens (tertiary/aromatic N) is 2. The van der Waals surface area contributed by atoms with Crippen molar-refractivity contribution >= 4 is 15.9 Å². The SMILES string of the molecule is CC(Br)c1cncc[n+]1[O-]. The molecule has 1 aromatic rings. The van der Waals surface area contributed by atoms with E-state index >= 15 is 0 Å². The summed E-state index contributed by atoms with van der Waals surface area (Å²) in [5, 5.41) is 10.9. The molecule has 0 saturated heterocycles. The molecule has 0 bridgehead atoms. The van der Waals surface area contributed by atoms with E-state index in [0.717, 1.165) is 4.73 Å². The van der Waals surface area contributed by atoms with Crippen molar-refractivity contribution in [3.05, 3.63) is 29.5 Å². The normalized spacial score (nSPS) is 13.0.